The van der Waals surface area contributed by atoms with Crippen molar-refractivity contribution in [1.29, 1.82) is 0 Å². The van der Waals surface area contributed by atoms with E-state index in [2.05, 4.69) is 4.98 Å². The molecule has 1 fully saturated rings. The van der Waals surface area contributed by atoms with Gasteiger partial charge >= 0.3 is 0 Å². The fourth-order valence-electron chi connectivity index (χ4n) is 1.78. The van der Waals surface area contributed by atoms with E-state index < -0.39 is 0 Å². The average molecular weight is 214 g/mol. The lowest BCUT2D eigenvalue weighted by Crippen LogP contribution is -2.24. The molecule has 5 heteroatoms. The Balaban J connectivity index is 2.27. The van der Waals surface area contributed by atoms with Gasteiger partial charge < -0.3 is 9.47 Å². The summed E-state index contributed by atoms with van der Waals surface area (Å²) in [6.07, 6.45) is 4.23. The molecule has 1 unspecified atom stereocenters. The van der Waals surface area contributed by atoms with Gasteiger partial charge in [-0.05, 0) is 6.42 Å². The van der Waals surface area contributed by atoms with Gasteiger partial charge in [-0.1, -0.05) is 0 Å². The maximum Gasteiger partial charge on any atom is 0.245 e. The molecule has 2 rings (SSSR count). The van der Waals surface area contributed by atoms with Crippen molar-refractivity contribution in [1.82, 2.24) is 14.5 Å². The summed E-state index contributed by atoms with van der Waals surface area (Å²) < 4.78 is 1.87. The van der Waals surface area contributed by atoms with Crippen molar-refractivity contribution in [2.24, 2.45) is 0 Å². The summed E-state index contributed by atoms with van der Waals surface area (Å²) in [5, 5.41) is 0. The Morgan fingerprint density at radius 1 is 1.71 bits per heavy atom. The van der Waals surface area contributed by atoms with E-state index in [1.54, 1.807) is 17.4 Å². The first-order valence-corrected chi connectivity index (χ1v) is 5.09. The molecule has 1 atom stereocenters. The normalized spacial score (nSPS) is 22.0. The van der Waals surface area contributed by atoms with Crippen LogP contribution in [0.4, 0.5) is 0 Å². The molecule has 14 heavy (non-hydrogen) atoms. The van der Waals surface area contributed by atoms with Crippen LogP contribution < -0.4 is 0 Å². The highest BCUT2D eigenvalue weighted by molar-refractivity contribution is 6.16. The predicted octanol–water partition coefficient (Wildman–Crippen LogP) is 1.03. The van der Waals surface area contributed by atoms with Crippen molar-refractivity contribution in [2.45, 2.75) is 18.3 Å². The van der Waals surface area contributed by atoms with Crippen molar-refractivity contribution < 1.29 is 4.79 Å². The van der Waals surface area contributed by atoms with Crippen LogP contribution in [0.25, 0.3) is 0 Å². The Morgan fingerprint density at radius 2 is 2.50 bits per heavy atom. The third-order valence-corrected chi connectivity index (χ3v) is 2.89. The van der Waals surface area contributed by atoms with Crippen LogP contribution in [0.15, 0.2) is 12.5 Å². The molecule has 2 heterocycles. The van der Waals surface area contributed by atoms with E-state index in [-0.39, 0.29) is 11.9 Å². The fraction of sp³-hybridized carbons (Fsp3) is 0.556. The minimum Gasteiger partial charge on any atom is -0.344 e. The first-order valence-electron chi connectivity index (χ1n) is 4.55. The molecule has 1 aromatic heterocycles. The molecule has 1 aliphatic heterocycles. The number of nitrogens with zero attached hydrogens (tertiary/aromatic N) is 3. The monoisotopic (exact) mass is 213 g/mol. The first-order chi connectivity index (χ1) is 6.74. The van der Waals surface area contributed by atoms with E-state index >= 15 is 0 Å². The summed E-state index contributed by atoms with van der Waals surface area (Å²) in [6, 6.07) is -0.101. The summed E-state index contributed by atoms with van der Waals surface area (Å²) in [4.78, 5) is 17.4. The Labute approximate surface area is 87.5 Å². The minimum atomic E-state index is -0.101. The highest BCUT2D eigenvalue weighted by atomic mass is 35.5. The molecule has 0 aliphatic carbocycles. The lowest BCUT2D eigenvalue weighted by atomic mass is 10.2. The summed E-state index contributed by atoms with van der Waals surface area (Å²) in [6.45, 7) is 0.809. The van der Waals surface area contributed by atoms with Crippen LogP contribution in [0.5, 0.6) is 0 Å². The SMILES string of the molecule is CN1CCC(n2cncc2CCl)C1=O. The Kier molecular flexibility index (Phi) is 2.46. The van der Waals surface area contributed by atoms with Crippen LogP contribution in [-0.4, -0.2) is 34.0 Å². The summed E-state index contributed by atoms with van der Waals surface area (Å²) in [5.74, 6) is 0.544. The standard InChI is InChI=1S/C9H12ClN3O/c1-12-3-2-8(9(12)14)13-6-11-5-7(13)4-10/h5-6,8H,2-4H2,1H3. The van der Waals surface area contributed by atoms with Gasteiger partial charge in [-0.2, -0.15) is 0 Å². The highest BCUT2D eigenvalue weighted by Crippen LogP contribution is 2.23. The van der Waals surface area contributed by atoms with E-state index in [0.717, 1.165) is 18.7 Å². The molecule has 0 bridgehead atoms. The molecular weight excluding hydrogens is 202 g/mol. The molecule has 1 aromatic rings. The number of likely N-dealkylation sites (N-methyl/N-ethyl adjacent to an activating group) is 1. The molecule has 0 aromatic carbocycles. The van der Waals surface area contributed by atoms with E-state index in [9.17, 15) is 4.79 Å². The number of carbonyl (C=O) groups excluding carboxylic acids is 1. The van der Waals surface area contributed by atoms with E-state index in [1.165, 1.54) is 0 Å². The molecule has 0 N–H and O–H groups in total. The van der Waals surface area contributed by atoms with Gasteiger partial charge in [0.05, 0.1) is 17.9 Å². The van der Waals surface area contributed by atoms with Crippen molar-refractivity contribution in [2.75, 3.05) is 13.6 Å². The van der Waals surface area contributed by atoms with E-state index in [0.29, 0.717) is 5.88 Å². The maximum absolute atomic E-state index is 11.7. The van der Waals surface area contributed by atoms with Crippen molar-refractivity contribution in [3.8, 4) is 0 Å². The smallest absolute Gasteiger partial charge is 0.245 e. The molecular formula is C9H12ClN3O. The van der Waals surface area contributed by atoms with Crippen LogP contribution in [0.3, 0.4) is 0 Å². The van der Waals surface area contributed by atoms with Gasteiger partial charge in [0, 0.05) is 19.8 Å². The van der Waals surface area contributed by atoms with Gasteiger partial charge in [-0.15, -0.1) is 11.6 Å². The van der Waals surface area contributed by atoms with Gasteiger partial charge in [-0.25, -0.2) is 4.98 Å². The Morgan fingerprint density at radius 3 is 3.07 bits per heavy atom. The quantitative estimate of drug-likeness (QED) is 0.689. The molecule has 1 saturated heterocycles. The zero-order valence-corrected chi connectivity index (χ0v) is 8.74. The van der Waals surface area contributed by atoms with E-state index in [1.807, 2.05) is 11.6 Å². The number of hydrogen-bond donors (Lipinski definition) is 0. The molecule has 76 valence electrons. The zero-order chi connectivity index (χ0) is 10.1. The van der Waals surface area contributed by atoms with Gasteiger partial charge in [0.25, 0.3) is 0 Å². The molecule has 0 spiro atoms. The number of carbonyl (C=O) groups is 1. The van der Waals surface area contributed by atoms with Crippen molar-refractivity contribution in [3.05, 3.63) is 18.2 Å². The highest BCUT2D eigenvalue weighted by Gasteiger charge is 2.31. The number of imidazole rings is 1. The fourth-order valence-corrected chi connectivity index (χ4v) is 1.99. The lowest BCUT2D eigenvalue weighted by Gasteiger charge is -2.13. The van der Waals surface area contributed by atoms with Gasteiger partial charge in [0.1, 0.15) is 6.04 Å². The zero-order valence-electron chi connectivity index (χ0n) is 7.98. The topological polar surface area (TPSA) is 38.1 Å². The second kappa shape index (κ2) is 3.61. The first kappa shape index (κ1) is 9.52. The van der Waals surface area contributed by atoms with Crippen molar-refractivity contribution >= 4 is 17.5 Å². The van der Waals surface area contributed by atoms with Crippen LogP contribution in [0.1, 0.15) is 18.2 Å². The lowest BCUT2D eigenvalue weighted by molar-refractivity contribution is -0.129. The van der Waals surface area contributed by atoms with Gasteiger partial charge in [-0.3, -0.25) is 4.79 Å². The molecule has 0 radical (unpaired) electrons. The van der Waals surface area contributed by atoms with Crippen LogP contribution >= 0.6 is 11.6 Å². The number of aromatic nitrogens is 2. The number of halogens is 1. The third-order valence-electron chi connectivity index (χ3n) is 2.62. The minimum absolute atomic E-state index is 0.101. The predicted molar refractivity (Wildman–Crippen MR) is 53.1 cm³/mol. The Hall–Kier alpha value is -1.03. The number of likely N-dealkylation sites (tertiary alicyclic amines) is 1. The number of hydrogen-bond acceptors (Lipinski definition) is 2. The molecule has 4 nitrogen and oxygen atoms in total. The number of amides is 1. The molecule has 0 saturated carbocycles. The Bertz CT molecular complexity index is 350. The van der Waals surface area contributed by atoms with Crippen LogP contribution in [-0.2, 0) is 10.7 Å². The van der Waals surface area contributed by atoms with Crippen LogP contribution in [0, 0.1) is 0 Å². The van der Waals surface area contributed by atoms with Gasteiger partial charge in [0.15, 0.2) is 0 Å². The average Bonchev–Trinajstić information content (AvgIpc) is 2.75. The van der Waals surface area contributed by atoms with Crippen LogP contribution in [0.2, 0.25) is 0 Å². The number of rotatable bonds is 2. The largest absolute Gasteiger partial charge is 0.344 e. The maximum atomic E-state index is 11.7. The van der Waals surface area contributed by atoms with Gasteiger partial charge in [0.2, 0.25) is 5.91 Å². The second-order valence-corrected chi connectivity index (χ2v) is 3.76. The summed E-state index contributed by atoms with van der Waals surface area (Å²) >= 11 is 5.75. The third kappa shape index (κ3) is 1.39. The molecule has 1 amide bonds. The second-order valence-electron chi connectivity index (χ2n) is 3.49. The van der Waals surface area contributed by atoms with E-state index in [4.69, 9.17) is 11.6 Å². The summed E-state index contributed by atoms with van der Waals surface area (Å²) in [7, 11) is 1.82. The molecule has 1 aliphatic rings. The number of alkyl halides is 1. The summed E-state index contributed by atoms with van der Waals surface area (Å²) in [5.41, 5.74) is 0.903. The van der Waals surface area contributed by atoms with Crippen molar-refractivity contribution in [3.63, 3.8) is 0 Å².